The number of carboxylic acids is 1. The van der Waals surface area contributed by atoms with Gasteiger partial charge in [-0.3, -0.25) is 0 Å². The van der Waals surface area contributed by atoms with Crippen LogP contribution in [0.5, 0.6) is 5.75 Å². The first kappa shape index (κ1) is 10.6. The first-order chi connectivity index (χ1) is 6.56. The van der Waals surface area contributed by atoms with Crippen LogP contribution in [0.2, 0.25) is 0 Å². The summed E-state index contributed by atoms with van der Waals surface area (Å²) in [7, 11) is 0. The van der Waals surface area contributed by atoms with E-state index in [9.17, 15) is 4.79 Å². The van der Waals surface area contributed by atoms with Crippen molar-refractivity contribution in [2.75, 3.05) is 6.61 Å². The normalized spacial score (nSPS) is 9.93. The zero-order chi connectivity index (χ0) is 10.7. The lowest BCUT2D eigenvalue weighted by Crippen LogP contribution is -2.05. The van der Waals surface area contributed by atoms with Crippen molar-refractivity contribution < 1.29 is 14.6 Å². The van der Waals surface area contributed by atoms with Crippen molar-refractivity contribution in [2.45, 2.75) is 20.8 Å². The monoisotopic (exact) mass is 194 g/mol. The average Bonchev–Trinajstić information content (AvgIpc) is 2.01. The van der Waals surface area contributed by atoms with Crippen LogP contribution in [0.25, 0.3) is 0 Å². The topological polar surface area (TPSA) is 46.5 Å². The highest BCUT2D eigenvalue weighted by molar-refractivity contribution is 5.92. The Morgan fingerprint density at radius 1 is 1.43 bits per heavy atom. The Hall–Kier alpha value is -1.51. The van der Waals surface area contributed by atoms with E-state index >= 15 is 0 Å². The van der Waals surface area contributed by atoms with Gasteiger partial charge in [0.15, 0.2) is 0 Å². The molecule has 0 radical (unpaired) electrons. The van der Waals surface area contributed by atoms with Gasteiger partial charge in [0.25, 0.3) is 0 Å². The summed E-state index contributed by atoms with van der Waals surface area (Å²) in [5, 5.41) is 8.98. The summed E-state index contributed by atoms with van der Waals surface area (Å²) in [5.74, 6) is -0.483. The van der Waals surface area contributed by atoms with Crippen molar-refractivity contribution in [3.05, 3.63) is 28.8 Å². The number of rotatable bonds is 3. The third-order valence-electron chi connectivity index (χ3n) is 1.96. The molecule has 0 aliphatic heterocycles. The van der Waals surface area contributed by atoms with E-state index in [0.717, 1.165) is 11.1 Å². The Labute approximate surface area is 83.3 Å². The van der Waals surface area contributed by atoms with Crippen molar-refractivity contribution in [1.29, 1.82) is 0 Å². The SMILES string of the molecule is CCOc1cc(C)cc(C)c1C(=O)O. The fraction of sp³-hybridized carbons (Fsp3) is 0.364. The molecule has 0 heterocycles. The number of ether oxygens (including phenoxy) is 1. The third-order valence-corrected chi connectivity index (χ3v) is 1.96. The molecule has 0 bridgehead atoms. The molecule has 0 aliphatic carbocycles. The summed E-state index contributed by atoms with van der Waals surface area (Å²) in [6.07, 6.45) is 0. The van der Waals surface area contributed by atoms with E-state index in [0.29, 0.717) is 12.4 Å². The van der Waals surface area contributed by atoms with Crippen molar-refractivity contribution >= 4 is 5.97 Å². The van der Waals surface area contributed by atoms with Crippen molar-refractivity contribution in [3.8, 4) is 5.75 Å². The molecule has 1 aromatic rings. The molecule has 1 rings (SSSR count). The predicted molar refractivity (Wildman–Crippen MR) is 54.0 cm³/mol. The van der Waals surface area contributed by atoms with Gasteiger partial charge >= 0.3 is 5.97 Å². The van der Waals surface area contributed by atoms with Crippen LogP contribution in [0, 0.1) is 13.8 Å². The second-order valence-corrected chi connectivity index (χ2v) is 3.19. The minimum absolute atomic E-state index is 0.262. The van der Waals surface area contributed by atoms with Crippen molar-refractivity contribution in [2.24, 2.45) is 0 Å². The molecule has 0 unspecified atom stereocenters. The summed E-state index contributed by atoms with van der Waals surface area (Å²) < 4.78 is 5.28. The molecule has 3 nitrogen and oxygen atoms in total. The summed E-state index contributed by atoms with van der Waals surface area (Å²) >= 11 is 0. The summed E-state index contributed by atoms with van der Waals surface area (Å²) in [6.45, 7) is 6.01. The summed E-state index contributed by atoms with van der Waals surface area (Å²) in [6, 6.07) is 3.59. The molecule has 0 aliphatic rings. The van der Waals surface area contributed by atoms with E-state index in [1.54, 1.807) is 13.0 Å². The lowest BCUT2D eigenvalue weighted by molar-refractivity contribution is 0.0691. The second-order valence-electron chi connectivity index (χ2n) is 3.19. The lowest BCUT2D eigenvalue weighted by Gasteiger charge is -2.10. The van der Waals surface area contributed by atoms with Gasteiger partial charge < -0.3 is 9.84 Å². The van der Waals surface area contributed by atoms with Crippen molar-refractivity contribution in [3.63, 3.8) is 0 Å². The molecule has 1 N–H and O–H groups in total. The Bertz CT molecular complexity index is 356. The maximum absolute atomic E-state index is 10.9. The van der Waals surface area contributed by atoms with Gasteiger partial charge in [-0.05, 0) is 38.0 Å². The summed E-state index contributed by atoms with van der Waals surface area (Å²) in [5.41, 5.74) is 2.01. The van der Waals surface area contributed by atoms with Crippen LogP contribution in [-0.2, 0) is 0 Å². The first-order valence-corrected chi connectivity index (χ1v) is 4.53. The van der Waals surface area contributed by atoms with Crippen LogP contribution in [0.4, 0.5) is 0 Å². The molecule has 0 aromatic heterocycles. The van der Waals surface area contributed by atoms with Crippen LogP contribution in [0.15, 0.2) is 12.1 Å². The lowest BCUT2D eigenvalue weighted by atomic mass is 10.0. The third kappa shape index (κ3) is 2.05. The van der Waals surface area contributed by atoms with Gasteiger partial charge in [-0.2, -0.15) is 0 Å². The van der Waals surface area contributed by atoms with Gasteiger partial charge in [0.2, 0.25) is 0 Å². The molecule has 0 saturated carbocycles. The Balaban J connectivity index is 3.28. The predicted octanol–water partition coefficient (Wildman–Crippen LogP) is 2.40. The number of aromatic carboxylic acids is 1. The molecule has 76 valence electrons. The van der Waals surface area contributed by atoms with Crippen LogP contribution >= 0.6 is 0 Å². The number of carboxylic acid groups (broad SMARTS) is 1. The van der Waals surface area contributed by atoms with Crippen LogP contribution in [0.1, 0.15) is 28.4 Å². The number of hydrogen-bond acceptors (Lipinski definition) is 2. The van der Waals surface area contributed by atoms with E-state index in [1.165, 1.54) is 0 Å². The molecule has 0 fully saturated rings. The zero-order valence-corrected chi connectivity index (χ0v) is 8.63. The van der Waals surface area contributed by atoms with E-state index in [-0.39, 0.29) is 5.56 Å². The van der Waals surface area contributed by atoms with E-state index < -0.39 is 5.97 Å². The van der Waals surface area contributed by atoms with Crippen LogP contribution < -0.4 is 4.74 Å². The van der Waals surface area contributed by atoms with Crippen LogP contribution in [0.3, 0.4) is 0 Å². The molecule has 3 heteroatoms. The first-order valence-electron chi connectivity index (χ1n) is 4.53. The molecule has 0 atom stereocenters. The second kappa shape index (κ2) is 4.13. The molecule has 0 spiro atoms. The standard InChI is InChI=1S/C11H14O3/c1-4-14-9-6-7(2)5-8(3)10(9)11(12)13/h5-6H,4H2,1-3H3,(H,12,13). The Morgan fingerprint density at radius 3 is 2.57 bits per heavy atom. The highest BCUT2D eigenvalue weighted by Gasteiger charge is 2.14. The zero-order valence-electron chi connectivity index (χ0n) is 8.63. The molecule has 0 amide bonds. The number of hydrogen-bond donors (Lipinski definition) is 1. The van der Waals surface area contributed by atoms with E-state index in [1.807, 2.05) is 19.9 Å². The fourth-order valence-electron chi connectivity index (χ4n) is 1.47. The maximum Gasteiger partial charge on any atom is 0.339 e. The molecular formula is C11H14O3. The molecule has 1 aromatic carbocycles. The van der Waals surface area contributed by atoms with Crippen LogP contribution in [-0.4, -0.2) is 17.7 Å². The quantitative estimate of drug-likeness (QED) is 0.803. The van der Waals surface area contributed by atoms with Gasteiger partial charge in [0.05, 0.1) is 6.61 Å². The molecular weight excluding hydrogens is 180 g/mol. The number of carbonyl (C=O) groups is 1. The van der Waals surface area contributed by atoms with E-state index in [4.69, 9.17) is 9.84 Å². The van der Waals surface area contributed by atoms with Crippen molar-refractivity contribution in [1.82, 2.24) is 0 Å². The molecule has 0 saturated heterocycles. The number of benzene rings is 1. The Morgan fingerprint density at radius 2 is 2.07 bits per heavy atom. The largest absolute Gasteiger partial charge is 0.493 e. The minimum Gasteiger partial charge on any atom is -0.493 e. The number of aryl methyl sites for hydroxylation is 2. The summed E-state index contributed by atoms with van der Waals surface area (Å²) in [4.78, 5) is 10.9. The minimum atomic E-state index is -0.939. The Kier molecular flexibility index (Phi) is 3.12. The van der Waals surface area contributed by atoms with Gasteiger partial charge in [0.1, 0.15) is 11.3 Å². The smallest absolute Gasteiger partial charge is 0.339 e. The molecule has 14 heavy (non-hydrogen) atoms. The van der Waals surface area contributed by atoms with Gasteiger partial charge in [0, 0.05) is 0 Å². The van der Waals surface area contributed by atoms with Gasteiger partial charge in [-0.1, -0.05) is 6.07 Å². The van der Waals surface area contributed by atoms with E-state index in [2.05, 4.69) is 0 Å². The van der Waals surface area contributed by atoms with Gasteiger partial charge in [-0.25, -0.2) is 4.79 Å². The highest BCUT2D eigenvalue weighted by Crippen LogP contribution is 2.24. The maximum atomic E-state index is 10.9. The van der Waals surface area contributed by atoms with Gasteiger partial charge in [-0.15, -0.1) is 0 Å². The average molecular weight is 194 g/mol. The fourth-order valence-corrected chi connectivity index (χ4v) is 1.47. The highest BCUT2D eigenvalue weighted by atomic mass is 16.5.